The smallest absolute Gasteiger partial charge is 0.387 e. The number of halogens is 2. The van der Waals surface area contributed by atoms with Crippen LogP contribution < -0.4 is 9.47 Å². The molecule has 0 N–H and O–H groups in total. The Morgan fingerprint density at radius 2 is 2.04 bits per heavy atom. The quantitative estimate of drug-likeness (QED) is 0.850. The Bertz CT molecular complexity index is 688. The van der Waals surface area contributed by atoms with Gasteiger partial charge in [0, 0.05) is 18.7 Å². The highest BCUT2D eigenvalue weighted by Crippen LogP contribution is 2.40. The number of hydrogen-bond donors (Lipinski definition) is 0. The molecule has 0 aromatic heterocycles. The van der Waals surface area contributed by atoms with E-state index in [-0.39, 0.29) is 11.7 Å². The molecule has 0 atom stereocenters. The largest absolute Gasteiger partial charge is 0.483 e. The zero-order valence-corrected chi connectivity index (χ0v) is 13.9. The van der Waals surface area contributed by atoms with Crippen molar-refractivity contribution in [1.29, 1.82) is 0 Å². The minimum atomic E-state index is -2.90. The van der Waals surface area contributed by atoms with Crippen molar-refractivity contribution in [3.63, 3.8) is 0 Å². The highest BCUT2D eigenvalue weighted by atomic mass is 19.3. The van der Waals surface area contributed by atoms with Crippen LogP contribution in [-0.2, 0) is 4.79 Å². The number of piperazine rings is 1. The Labute approximate surface area is 139 Å². The van der Waals surface area contributed by atoms with Crippen molar-refractivity contribution >= 4 is 11.6 Å². The Kier molecular flexibility index (Phi) is 4.21. The van der Waals surface area contributed by atoms with Gasteiger partial charge in [0.15, 0.2) is 0 Å². The molecule has 1 aromatic carbocycles. The standard InChI is InChI=1S/C17H20F2N2O3/c1-17(2)9-13(21-7-6-20(3)10-15(21)22)12-8-11(23-16(18)19)4-5-14(12)24-17/h4-5,8-9,16H,6-7,10H2,1-3H3. The summed E-state index contributed by atoms with van der Waals surface area (Å²) in [4.78, 5) is 16.1. The zero-order valence-electron chi connectivity index (χ0n) is 13.9. The van der Waals surface area contributed by atoms with Gasteiger partial charge in [0.1, 0.15) is 17.1 Å². The summed E-state index contributed by atoms with van der Waals surface area (Å²) in [5.41, 5.74) is 0.668. The van der Waals surface area contributed by atoms with Gasteiger partial charge in [-0.15, -0.1) is 0 Å². The van der Waals surface area contributed by atoms with Gasteiger partial charge in [-0.1, -0.05) is 0 Å². The number of carbonyl (C=O) groups is 1. The molecular formula is C17H20F2N2O3. The van der Waals surface area contributed by atoms with E-state index in [1.807, 2.05) is 31.9 Å². The Morgan fingerprint density at radius 1 is 1.29 bits per heavy atom. The van der Waals surface area contributed by atoms with E-state index in [9.17, 15) is 13.6 Å². The van der Waals surface area contributed by atoms with Crippen LogP contribution in [0, 0.1) is 0 Å². The van der Waals surface area contributed by atoms with Gasteiger partial charge in [0.05, 0.1) is 12.2 Å². The molecule has 0 bridgehead atoms. The maximum absolute atomic E-state index is 12.5. The van der Waals surface area contributed by atoms with E-state index in [1.54, 1.807) is 11.0 Å². The SMILES string of the molecule is CN1CCN(C2=CC(C)(C)Oc3ccc(OC(F)F)cc32)C(=O)C1. The number of rotatable bonds is 3. The maximum atomic E-state index is 12.5. The highest BCUT2D eigenvalue weighted by molar-refractivity contribution is 5.90. The third-order valence-corrected chi connectivity index (χ3v) is 4.01. The predicted octanol–water partition coefficient (Wildman–Crippen LogP) is 2.57. The first-order chi connectivity index (χ1) is 11.2. The van der Waals surface area contributed by atoms with Gasteiger partial charge in [-0.3, -0.25) is 9.69 Å². The number of carbonyl (C=O) groups excluding carboxylic acids is 1. The second-order valence-electron chi connectivity index (χ2n) is 6.55. The Hall–Kier alpha value is -2.15. The molecule has 130 valence electrons. The summed E-state index contributed by atoms with van der Waals surface area (Å²) >= 11 is 0. The van der Waals surface area contributed by atoms with Crippen molar-refractivity contribution in [2.45, 2.75) is 26.1 Å². The van der Waals surface area contributed by atoms with Gasteiger partial charge in [0.2, 0.25) is 5.91 Å². The van der Waals surface area contributed by atoms with Crippen LogP contribution in [-0.4, -0.2) is 54.6 Å². The Morgan fingerprint density at radius 3 is 2.71 bits per heavy atom. The summed E-state index contributed by atoms with van der Waals surface area (Å²) in [6, 6.07) is 4.53. The van der Waals surface area contributed by atoms with Gasteiger partial charge in [-0.2, -0.15) is 8.78 Å². The molecule has 2 heterocycles. The number of likely N-dealkylation sites (N-methyl/N-ethyl adjacent to an activating group) is 1. The number of fused-ring (bicyclic) bond motifs is 1. The van der Waals surface area contributed by atoms with Crippen molar-refractivity contribution in [1.82, 2.24) is 9.80 Å². The second kappa shape index (κ2) is 6.05. The van der Waals surface area contributed by atoms with Crippen molar-refractivity contribution < 1.29 is 23.0 Å². The second-order valence-corrected chi connectivity index (χ2v) is 6.55. The van der Waals surface area contributed by atoms with Crippen LogP contribution in [0.25, 0.3) is 5.70 Å². The summed E-state index contributed by atoms with van der Waals surface area (Å²) in [6.07, 6.45) is 1.85. The lowest BCUT2D eigenvalue weighted by Crippen LogP contribution is -2.48. The van der Waals surface area contributed by atoms with E-state index in [0.717, 1.165) is 6.54 Å². The van der Waals surface area contributed by atoms with Gasteiger partial charge >= 0.3 is 6.61 Å². The van der Waals surface area contributed by atoms with E-state index in [1.165, 1.54) is 12.1 Å². The molecule has 0 radical (unpaired) electrons. The summed E-state index contributed by atoms with van der Waals surface area (Å²) in [5, 5.41) is 0. The van der Waals surface area contributed by atoms with Crippen molar-refractivity contribution in [2.75, 3.05) is 26.7 Å². The third-order valence-electron chi connectivity index (χ3n) is 4.01. The monoisotopic (exact) mass is 338 g/mol. The molecule has 0 unspecified atom stereocenters. The number of alkyl halides is 2. The molecule has 24 heavy (non-hydrogen) atoms. The first-order valence-electron chi connectivity index (χ1n) is 7.75. The molecule has 1 fully saturated rings. The molecule has 1 amide bonds. The summed E-state index contributed by atoms with van der Waals surface area (Å²) in [7, 11) is 1.89. The van der Waals surface area contributed by atoms with Gasteiger partial charge in [-0.05, 0) is 45.2 Å². The molecular weight excluding hydrogens is 318 g/mol. The molecule has 0 aliphatic carbocycles. The fourth-order valence-corrected chi connectivity index (χ4v) is 2.96. The Balaban J connectivity index is 2.01. The van der Waals surface area contributed by atoms with E-state index in [4.69, 9.17) is 4.74 Å². The van der Waals surface area contributed by atoms with Crippen LogP contribution in [0.1, 0.15) is 19.4 Å². The number of nitrogens with zero attached hydrogens (tertiary/aromatic N) is 2. The summed E-state index contributed by atoms with van der Waals surface area (Å²) in [6.45, 7) is 2.48. The fourth-order valence-electron chi connectivity index (χ4n) is 2.96. The lowest BCUT2D eigenvalue weighted by atomic mass is 9.97. The van der Waals surface area contributed by atoms with Crippen LogP contribution in [0.15, 0.2) is 24.3 Å². The minimum absolute atomic E-state index is 0.0289. The van der Waals surface area contributed by atoms with E-state index < -0.39 is 12.2 Å². The van der Waals surface area contributed by atoms with Crippen LogP contribution in [0.4, 0.5) is 8.78 Å². The molecule has 5 nitrogen and oxygen atoms in total. The zero-order chi connectivity index (χ0) is 17.5. The van der Waals surface area contributed by atoms with Gasteiger partial charge in [-0.25, -0.2) is 0 Å². The van der Waals surface area contributed by atoms with Crippen molar-refractivity contribution in [2.24, 2.45) is 0 Å². The molecule has 3 rings (SSSR count). The topological polar surface area (TPSA) is 42.0 Å². The molecule has 1 aromatic rings. The average Bonchev–Trinajstić information content (AvgIpc) is 2.46. The summed E-state index contributed by atoms with van der Waals surface area (Å²) in [5.74, 6) is 0.559. The molecule has 2 aliphatic heterocycles. The van der Waals surface area contributed by atoms with E-state index >= 15 is 0 Å². The fraction of sp³-hybridized carbons (Fsp3) is 0.471. The lowest BCUT2D eigenvalue weighted by molar-refractivity contribution is -0.131. The maximum Gasteiger partial charge on any atom is 0.387 e. The van der Waals surface area contributed by atoms with Crippen LogP contribution in [0.5, 0.6) is 11.5 Å². The number of amides is 1. The molecule has 0 saturated carbocycles. The number of hydrogen-bond acceptors (Lipinski definition) is 4. The van der Waals surface area contributed by atoms with E-state index in [0.29, 0.717) is 30.1 Å². The number of benzene rings is 1. The molecule has 2 aliphatic rings. The first kappa shape index (κ1) is 16.7. The minimum Gasteiger partial charge on any atom is -0.483 e. The van der Waals surface area contributed by atoms with E-state index in [2.05, 4.69) is 4.74 Å². The molecule has 7 heteroatoms. The molecule has 0 spiro atoms. The first-order valence-corrected chi connectivity index (χ1v) is 7.75. The summed E-state index contributed by atoms with van der Waals surface area (Å²) < 4.78 is 35.4. The van der Waals surface area contributed by atoms with Crippen LogP contribution in [0.3, 0.4) is 0 Å². The third kappa shape index (κ3) is 3.36. The average molecular weight is 338 g/mol. The predicted molar refractivity (Wildman–Crippen MR) is 85.0 cm³/mol. The van der Waals surface area contributed by atoms with Crippen LogP contribution >= 0.6 is 0 Å². The van der Waals surface area contributed by atoms with Crippen molar-refractivity contribution in [3.05, 3.63) is 29.8 Å². The van der Waals surface area contributed by atoms with Crippen LogP contribution in [0.2, 0.25) is 0 Å². The van der Waals surface area contributed by atoms with Crippen molar-refractivity contribution in [3.8, 4) is 11.5 Å². The molecule has 1 saturated heterocycles. The van der Waals surface area contributed by atoms with Gasteiger partial charge in [0.25, 0.3) is 0 Å². The number of ether oxygens (including phenoxy) is 2. The highest BCUT2D eigenvalue weighted by Gasteiger charge is 2.33. The normalized spacial score (nSPS) is 20.5. The van der Waals surface area contributed by atoms with Gasteiger partial charge < -0.3 is 14.4 Å². The lowest BCUT2D eigenvalue weighted by Gasteiger charge is -2.38.